The number of halogens is 1. The second-order valence-electron chi connectivity index (χ2n) is 3.17. The minimum atomic E-state index is -0.732. The molecule has 0 spiro atoms. The van der Waals surface area contributed by atoms with Crippen LogP contribution < -0.4 is 5.73 Å². The van der Waals surface area contributed by atoms with Crippen LogP contribution >= 0.6 is 11.6 Å². The van der Waals surface area contributed by atoms with Gasteiger partial charge in [0.2, 0.25) is 0 Å². The molecule has 0 amide bonds. The van der Waals surface area contributed by atoms with E-state index in [-0.39, 0.29) is 0 Å². The van der Waals surface area contributed by atoms with Crippen LogP contribution in [0.15, 0.2) is 18.3 Å². The van der Waals surface area contributed by atoms with Crippen LogP contribution in [0.25, 0.3) is 5.65 Å². The normalized spacial score (nSPS) is 13.3. The Balaban J connectivity index is 2.48. The van der Waals surface area contributed by atoms with E-state index in [1.165, 1.54) is 4.52 Å². The summed E-state index contributed by atoms with van der Waals surface area (Å²) in [6.07, 6.45) is 1.31. The van der Waals surface area contributed by atoms with E-state index in [0.29, 0.717) is 29.5 Å². The number of imidazole rings is 1. The molecule has 0 aliphatic carbocycles. The van der Waals surface area contributed by atoms with Crippen molar-refractivity contribution in [2.24, 2.45) is 5.73 Å². The summed E-state index contributed by atoms with van der Waals surface area (Å²) in [5.74, 6) is 0. The number of aliphatic hydroxyl groups is 1. The molecule has 2 rings (SSSR count). The lowest BCUT2D eigenvalue weighted by Gasteiger charge is -2.05. The molecule has 80 valence electrons. The van der Waals surface area contributed by atoms with Gasteiger partial charge >= 0.3 is 0 Å². The fourth-order valence-corrected chi connectivity index (χ4v) is 1.68. The van der Waals surface area contributed by atoms with Crippen LogP contribution in [0.5, 0.6) is 0 Å². The van der Waals surface area contributed by atoms with Gasteiger partial charge in [-0.05, 0) is 25.1 Å². The highest BCUT2D eigenvalue weighted by atomic mass is 35.5. The maximum atomic E-state index is 9.73. The highest BCUT2D eigenvalue weighted by Crippen LogP contribution is 2.24. The Labute approximate surface area is 91.5 Å². The molecule has 1 unspecified atom stereocenters. The van der Waals surface area contributed by atoms with E-state index in [4.69, 9.17) is 17.3 Å². The number of rotatable bonds is 3. The van der Waals surface area contributed by atoms with Crippen molar-refractivity contribution in [2.45, 2.75) is 12.5 Å². The monoisotopic (exact) mass is 226 g/mol. The first-order valence-electron chi connectivity index (χ1n) is 4.61. The van der Waals surface area contributed by atoms with E-state index in [9.17, 15) is 5.11 Å². The van der Waals surface area contributed by atoms with Crippen molar-refractivity contribution < 1.29 is 5.11 Å². The lowest BCUT2D eigenvalue weighted by molar-refractivity contribution is 0.166. The molecule has 0 radical (unpaired) electrons. The number of hydrogen-bond donors (Lipinski definition) is 2. The summed E-state index contributed by atoms with van der Waals surface area (Å²) < 4.78 is 1.48. The minimum absolute atomic E-state index is 0.339. The molecule has 2 aromatic rings. The fourth-order valence-electron chi connectivity index (χ4n) is 1.38. The van der Waals surface area contributed by atoms with E-state index in [0.717, 1.165) is 0 Å². The van der Waals surface area contributed by atoms with Gasteiger partial charge in [-0.1, -0.05) is 11.6 Å². The Bertz CT molecular complexity index is 470. The average molecular weight is 227 g/mol. The Morgan fingerprint density at radius 3 is 3.07 bits per heavy atom. The van der Waals surface area contributed by atoms with E-state index < -0.39 is 6.10 Å². The van der Waals surface area contributed by atoms with Gasteiger partial charge in [-0.3, -0.25) is 0 Å². The zero-order valence-electron chi connectivity index (χ0n) is 7.97. The predicted molar refractivity (Wildman–Crippen MR) is 56.6 cm³/mol. The molecular formula is C9H11ClN4O. The molecule has 1 atom stereocenters. The molecule has 0 fully saturated rings. The van der Waals surface area contributed by atoms with E-state index >= 15 is 0 Å². The summed E-state index contributed by atoms with van der Waals surface area (Å²) in [5.41, 5.74) is 6.41. The first-order valence-corrected chi connectivity index (χ1v) is 4.99. The van der Waals surface area contributed by atoms with Crippen LogP contribution in [0.4, 0.5) is 0 Å². The number of nitrogens with zero attached hydrogens (tertiary/aromatic N) is 3. The van der Waals surface area contributed by atoms with Crippen LogP contribution in [-0.2, 0) is 0 Å². The van der Waals surface area contributed by atoms with Gasteiger partial charge in [0, 0.05) is 6.20 Å². The topological polar surface area (TPSA) is 76.4 Å². The summed E-state index contributed by atoms with van der Waals surface area (Å²) in [4.78, 5) is 4.19. The number of aliphatic hydroxyl groups excluding tert-OH is 1. The smallest absolute Gasteiger partial charge is 0.157 e. The van der Waals surface area contributed by atoms with Crippen molar-refractivity contribution in [1.29, 1.82) is 0 Å². The van der Waals surface area contributed by atoms with Crippen LogP contribution in [0.3, 0.4) is 0 Å². The van der Waals surface area contributed by atoms with Gasteiger partial charge in [-0.15, -0.1) is 0 Å². The Morgan fingerprint density at radius 1 is 1.60 bits per heavy atom. The standard InChI is InChI=1S/C9H11ClN4O/c10-9-8(6(15)3-4-11)13-7-2-1-5-12-14(7)9/h1-2,5-6,15H,3-4,11H2. The lowest BCUT2D eigenvalue weighted by atomic mass is 10.2. The molecular weight excluding hydrogens is 216 g/mol. The maximum absolute atomic E-state index is 9.73. The van der Waals surface area contributed by atoms with Gasteiger partial charge in [-0.2, -0.15) is 5.10 Å². The van der Waals surface area contributed by atoms with Crippen molar-refractivity contribution >= 4 is 17.2 Å². The first-order chi connectivity index (χ1) is 7.24. The lowest BCUT2D eigenvalue weighted by Crippen LogP contribution is -2.07. The zero-order chi connectivity index (χ0) is 10.8. The van der Waals surface area contributed by atoms with E-state index in [1.54, 1.807) is 18.3 Å². The van der Waals surface area contributed by atoms with E-state index in [1.807, 2.05) is 0 Å². The number of fused-ring (bicyclic) bond motifs is 1. The zero-order valence-corrected chi connectivity index (χ0v) is 8.72. The molecule has 0 aliphatic rings. The third-order valence-corrected chi connectivity index (χ3v) is 2.47. The van der Waals surface area contributed by atoms with Crippen LogP contribution in [0.1, 0.15) is 18.2 Å². The second-order valence-corrected chi connectivity index (χ2v) is 3.53. The highest BCUT2D eigenvalue weighted by molar-refractivity contribution is 6.30. The molecule has 0 saturated carbocycles. The molecule has 2 heterocycles. The Kier molecular flexibility index (Phi) is 2.86. The van der Waals surface area contributed by atoms with Crippen molar-refractivity contribution in [1.82, 2.24) is 14.6 Å². The third-order valence-electron chi connectivity index (χ3n) is 2.12. The minimum Gasteiger partial charge on any atom is -0.387 e. The third kappa shape index (κ3) is 1.81. The van der Waals surface area contributed by atoms with Crippen molar-refractivity contribution in [3.05, 3.63) is 29.2 Å². The largest absolute Gasteiger partial charge is 0.387 e. The number of aromatic nitrogens is 3. The molecule has 3 N–H and O–H groups in total. The molecule has 0 saturated heterocycles. The van der Waals surface area contributed by atoms with Gasteiger partial charge in [0.25, 0.3) is 0 Å². The van der Waals surface area contributed by atoms with Gasteiger partial charge in [-0.25, -0.2) is 9.50 Å². The van der Waals surface area contributed by atoms with Gasteiger partial charge < -0.3 is 10.8 Å². The molecule has 0 aliphatic heterocycles. The predicted octanol–water partition coefficient (Wildman–Crippen LogP) is 0.765. The quantitative estimate of drug-likeness (QED) is 0.811. The summed E-state index contributed by atoms with van der Waals surface area (Å²) >= 11 is 6.02. The molecule has 6 heteroatoms. The molecule has 15 heavy (non-hydrogen) atoms. The van der Waals surface area contributed by atoms with Crippen LogP contribution in [0, 0.1) is 0 Å². The highest BCUT2D eigenvalue weighted by Gasteiger charge is 2.17. The van der Waals surface area contributed by atoms with Crippen molar-refractivity contribution in [3.8, 4) is 0 Å². The molecule has 0 aromatic carbocycles. The second kappa shape index (κ2) is 4.14. The maximum Gasteiger partial charge on any atom is 0.157 e. The van der Waals surface area contributed by atoms with Crippen molar-refractivity contribution in [3.63, 3.8) is 0 Å². The number of nitrogens with two attached hydrogens (primary N) is 1. The fraction of sp³-hybridized carbons (Fsp3) is 0.333. The first kappa shape index (κ1) is 10.4. The van der Waals surface area contributed by atoms with E-state index in [2.05, 4.69) is 10.1 Å². The number of hydrogen-bond acceptors (Lipinski definition) is 4. The van der Waals surface area contributed by atoms with Gasteiger partial charge in [0.1, 0.15) is 11.8 Å². The summed E-state index contributed by atoms with van der Waals surface area (Å²) in [6.45, 7) is 0.388. The molecule has 2 aromatic heterocycles. The SMILES string of the molecule is NCCC(O)c1nc2cccnn2c1Cl. The summed E-state index contributed by atoms with van der Waals surface area (Å²) in [6, 6.07) is 3.54. The summed E-state index contributed by atoms with van der Waals surface area (Å²) in [7, 11) is 0. The Morgan fingerprint density at radius 2 is 2.40 bits per heavy atom. The van der Waals surface area contributed by atoms with Crippen molar-refractivity contribution in [2.75, 3.05) is 6.54 Å². The molecule has 5 nitrogen and oxygen atoms in total. The van der Waals surface area contributed by atoms with Gasteiger partial charge in [0.15, 0.2) is 10.8 Å². The van der Waals surface area contributed by atoms with Gasteiger partial charge in [0.05, 0.1) is 0 Å². The van der Waals surface area contributed by atoms with Crippen LogP contribution in [-0.4, -0.2) is 26.2 Å². The molecule has 0 bridgehead atoms. The van der Waals surface area contributed by atoms with Crippen LogP contribution in [0.2, 0.25) is 5.15 Å². The summed E-state index contributed by atoms with van der Waals surface area (Å²) in [5, 5.41) is 14.1. The average Bonchev–Trinajstić information content (AvgIpc) is 2.57. The Hall–Kier alpha value is -1.17.